The molecule has 0 aromatic carbocycles. The first-order valence-corrected chi connectivity index (χ1v) is 3.80. The maximum atomic E-state index is 11.0. The zero-order valence-corrected chi connectivity index (χ0v) is 7.96. The molecule has 0 saturated carbocycles. The largest absolute Gasteiger partial charge is 0.464 e. The fourth-order valence-corrected chi connectivity index (χ4v) is 0.907. The quantitative estimate of drug-likeness (QED) is 0.402. The predicted octanol–water partition coefficient (Wildman–Crippen LogP) is 0.941. The normalized spacial score (nSPS) is 9.08. The molecule has 0 unspecified atom stereocenters. The van der Waals surface area contributed by atoms with Gasteiger partial charge < -0.3 is 4.74 Å². The Labute approximate surface area is 80.0 Å². The molecule has 0 spiro atoms. The molecule has 0 aliphatic heterocycles. The lowest BCUT2D eigenvalue weighted by atomic mass is 10.4. The van der Waals surface area contributed by atoms with E-state index in [-0.39, 0.29) is 5.69 Å². The molecule has 6 heteroatoms. The number of methoxy groups -OCH3 is 1. The number of rotatable bonds is 2. The van der Waals surface area contributed by atoms with E-state index in [1.807, 2.05) is 0 Å². The van der Waals surface area contributed by atoms with Gasteiger partial charge in [-0.3, -0.25) is 0 Å². The lowest BCUT2D eigenvalue weighted by molar-refractivity contribution is 0.0593. The number of hydrogen-bond donors (Lipinski definition) is 0. The van der Waals surface area contributed by atoms with Gasteiger partial charge in [-0.25, -0.2) is 9.48 Å². The summed E-state index contributed by atoms with van der Waals surface area (Å²) in [6, 6.07) is 1.48. The van der Waals surface area contributed by atoms with E-state index in [1.165, 1.54) is 17.9 Å². The van der Waals surface area contributed by atoms with Crippen molar-refractivity contribution in [1.29, 1.82) is 0 Å². The van der Waals surface area contributed by atoms with Gasteiger partial charge >= 0.3 is 5.97 Å². The summed E-state index contributed by atoms with van der Waals surface area (Å²) in [4.78, 5) is 14.7. The number of aliphatic imine (C=N–C) groups is 1. The van der Waals surface area contributed by atoms with E-state index in [2.05, 4.69) is 32.2 Å². The summed E-state index contributed by atoms with van der Waals surface area (Å²) in [5, 5.41) is 6.05. The van der Waals surface area contributed by atoms with Crippen molar-refractivity contribution in [3.05, 3.63) is 11.8 Å². The van der Waals surface area contributed by atoms with Crippen LogP contribution < -0.4 is 0 Å². The van der Waals surface area contributed by atoms with Crippen LogP contribution in [0.5, 0.6) is 0 Å². The SMILES string of the molecule is COC(=O)c1cc(N=C=S)n(C)n1. The number of hydrogen-bond acceptors (Lipinski definition) is 5. The third-order valence-electron chi connectivity index (χ3n) is 1.41. The number of aromatic nitrogens is 2. The van der Waals surface area contributed by atoms with Crippen molar-refractivity contribution >= 4 is 29.2 Å². The Morgan fingerprint density at radius 3 is 3.08 bits per heavy atom. The summed E-state index contributed by atoms with van der Waals surface area (Å²) in [5.41, 5.74) is 0.203. The standard InChI is InChI=1S/C7H7N3O2S/c1-10-6(8-4-13)3-5(9-10)7(11)12-2/h3H,1-2H3. The summed E-state index contributed by atoms with van der Waals surface area (Å²) < 4.78 is 5.90. The zero-order chi connectivity index (χ0) is 9.84. The van der Waals surface area contributed by atoms with Crippen LogP contribution in [0, 0.1) is 0 Å². The molecule has 13 heavy (non-hydrogen) atoms. The van der Waals surface area contributed by atoms with Gasteiger partial charge in [-0.15, -0.1) is 0 Å². The van der Waals surface area contributed by atoms with Gasteiger partial charge in [-0.05, 0) is 12.2 Å². The number of esters is 1. The van der Waals surface area contributed by atoms with Crippen LogP contribution in [-0.2, 0) is 11.8 Å². The Morgan fingerprint density at radius 1 is 1.85 bits per heavy atom. The molecule has 1 heterocycles. The van der Waals surface area contributed by atoms with Crippen LogP contribution >= 0.6 is 12.2 Å². The Bertz CT molecular complexity index is 379. The molecule has 0 amide bonds. The lowest BCUT2D eigenvalue weighted by Gasteiger charge is -1.90. The Kier molecular flexibility index (Phi) is 2.89. The van der Waals surface area contributed by atoms with Crippen molar-refractivity contribution in [2.24, 2.45) is 12.0 Å². The average molecular weight is 197 g/mol. The fourth-order valence-electron chi connectivity index (χ4n) is 0.813. The van der Waals surface area contributed by atoms with Gasteiger partial charge in [0.05, 0.1) is 12.3 Å². The van der Waals surface area contributed by atoms with Crippen LogP contribution in [0.3, 0.4) is 0 Å². The van der Waals surface area contributed by atoms with Gasteiger partial charge in [0.2, 0.25) is 0 Å². The number of nitrogens with zero attached hydrogens (tertiary/aromatic N) is 3. The van der Waals surface area contributed by atoms with Crippen molar-refractivity contribution in [1.82, 2.24) is 9.78 Å². The second kappa shape index (κ2) is 3.93. The van der Waals surface area contributed by atoms with E-state index >= 15 is 0 Å². The highest BCUT2D eigenvalue weighted by Gasteiger charge is 2.11. The molecule has 1 rings (SSSR count). The highest BCUT2D eigenvalue weighted by atomic mass is 32.1. The molecule has 0 aliphatic rings. The van der Waals surface area contributed by atoms with Crippen LogP contribution in [0.2, 0.25) is 0 Å². The molecular weight excluding hydrogens is 190 g/mol. The Balaban J connectivity index is 3.08. The highest BCUT2D eigenvalue weighted by molar-refractivity contribution is 7.78. The van der Waals surface area contributed by atoms with Gasteiger partial charge in [0.25, 0.3) is 0 Å². The average Bonchev–Trinajstić information content (AvgIpc) is 2.47. The molecule has 0 N–H and O–H groups in total. The van der Waals surface area contributed by atoms with Crippen molar-refractivity contribution in [2.45, 2.75) is 0 Å². The second-order valence-corrected chi connectivity index (χ2v) is 2.39. The fraction of sp³-hybridized carbons (Fsp3) is 0.286. The Morgan fingerprint density at radius 2 is 2.54 bits per heavy atom. The van der Waals surface area contributed by atoms with E-state index < -0.39 is 5.97 Å². The lowest BCUT2D eigenvalue weighted by Crippen LogP contribution is -2.02. The highest BCUT2D eigenvalue weighted by Crippen LogP contribution is 2.12. The van der Waals surface area contributed by atoms with E-state index in [0.717, 1.165) is 0 Å². The number of carbonyl (C=O) groups excluding carboxylic acids is 1. The maximum absolute atomic E-state index is 11.0. The predicted molar refractivity (Wildman–Crippen MR) is 49.2 cm³/mol. The topological polar surface area (TPSA) is 56.5 Å². The van der Waals surface area contributed by atoms with Crippen molar-refractivity contribution in [2.75, 3.05) is 7.11 Å². The van der Waals surface area contributed by atoms with Crippen LogP contribution in [0.1, 0.15) is 10.5 Å². The number of isothiocyanates is 1. The van der Waals surface area contributed by atoms with Crippen LogP contribution in [0.15, 0.2) is 11.1 Å². The minimum absolute atomic E-state index is 0.203. The van der Waals surface area contributed by atoms with Crippen molar-refractivity contribution in [3.8, 4) is 0 Å². The maximum Gasteiger partial charge on any atom is 0.358 e. The molecule has 0 atom stereocenters. The van der Waals surface area contributed by atoms with Gasteiger partial charge in [0.1, 0.15) is 0 Å². The number of aryl methyl sites for hydroxylation is 1. The summed E-state index contributed by atoms with van der Waals surface area (Å²) in [6.07, 6.45) is 0. The molecule has 5 nitrogen and oxygen atoms in total. The first-order valence-electron chi connectivity index (χ1n) is 3.39. The molecule has 1 aromatic rings. The minimum atomic E-state index is -0.499. The molecular formula is C7H7N3O2S. The third kappa shape index (κ3) is 1.99. The number of carbonyl (C=O) groups is 1. The summed E-state index contributed by atoms with van der Waals surface area (Å²) in [6.45, 7) is 0. The van der Waals surface area contributed by atoms with Crippen LogP contribution in [-0.4, -0.2) is 28.0 Å². The summed E-state index contributed by atoms with van der Waals surface area (Å²) >= 11 is 4.42. The second-order valence-electron chi connectivity index (χ2n) is 2.21. The van der Waals surface area contributed by atoms with E-state index in [4.69, 9.17) is 0 Å². The van der Waals surface area contributed by atoms with E-state index in [0.29, 0.717) is 5.82 Å². The third-order valence-corrected chi connectivity index (χ3v) is 1.50. The summed E-state index contributed by atoms with van der Waals surface area (Å²) in [7, 11) is 2.94. The Hall–Kier alpha value is -1.52. The van der Waals surface area contributed by atoms with Gasteiger partial charge in [0, 0.05) is 13.1 Å². The molecule has 0 saturated heterocycles. The molecule has 0 fully saturated rings. The van der Waals surface area contributed by atoms with E-state index in [9.17, 15) is 4.79 Å². The van der Waals surface area contributed by atoms with Gasteiger partial charge in [-0.2, -0.15) is 10.1 Å². The van der Waals surface area contributed by atoms with Gasteiger partial charge in [-0.1, -0.05) is 0 Å². The minimum Gasteiger partial charge on any atom is -0.464 e. The molecule has 0 aliphatic carbocycles. The molecule has 68 valence electrons. The van der Waals surface area contributed by atoms with E-state index in [1.54, 1.807) is 7.05 Å². The van der Waals surface area contributed by atoms with Gasteiger partial charge in [0.15, 0.2) is 11.5 Å². The van der Waals surface area contributed by atoms with Crippen molar-refractivity contribution < 1.29 is 9.53 Å². The van der Waals surface area contributed by atoms with Crippen molar-refractivity contribution in [3.63, 3.8) is 0 Å². The first kappa shape index (κ1) is 9.57. The molecule has 1 aromatic heterocycles. The number of ether oxygens (including phenoxy) is 1. The first-order chi connectivity index (χ1) is 6.19. The molecule has 0 radical (unpaired) electrons. The monoisotopic (exact) mass is 197 g/mol. The van der Waals surface area contributed by atoms with Crippen LogP contribution in [0.4, 0.5) is 5.82 Å². The smallest absolute Gasteiger partial charge is 0.358 e. The molecule has 0 bridgehead atoms. The number of thiocarbonyl (C=S) groups is 1. The zero-order valence-electron chi connectivity index (χ0n) is 7.14. The summed E-state index contributed by atoms with van der Waals surface area (Å²) in [5.74, 6) is -0.0307. The van der Waals surface area contributed by atoms with Crippen LogP contribution in [0.25, 0.3) is 0 Å².